The molecule has 0 radical (unpaired) electrons. The number of pyridine rings is 1. The van der Waals surface area contributed by atoms with Gasteiger partial charge in [0.25, 0.3) is 0 Å². The average Bonchev–Trinajstić information content (AvgIpc) is 2.56. The van der Waals surface area contributed by atoms with Crippen molar-refractivity contribution in [1.82, 2.24) is 4.98 Å². The standard InChI is InChI=1S/C19H25N3OS/c1-5-6-12-23-17-13(2)14(3)18(20-15(17)4)22-19(24)21-16-10-8-7-9-11-16/h7-11H,5-6,12H2,1-4H3,(H2,20,21,22,24). The van der Waals surface area contributed by atoms with E-state index >= 15 is 0 Å². The van der Waals surface area contributed by atoms with Gasteiger partial charge in [-0.15, -0.1) is 0 Å². The number of aromatic nitrogens is 1. The third-order valence-corrected chi connectivity index (χ3v) is 4.08. The van der Waals surface area contributed by atoms with Crippen molar-refractivity contribution in [3.05, 3.63) is 47.2 Å². The van der Waals surface area contributed by atoms with E-state index < -0.39 is 0 Å². The Balaban J connectivity index is 2.11. The fourth-order valence-corrected chi connectivity index (χ4v) is 2.58. The molecular formula is C19H25N3OS. The van der Waals surface area contributed by atoms with Gasteiger partial charge in [0.2, 0.25) is 0 Å². The normalized spacial score (nSPS) is 10.3. The minimum Gasteiger partial charge on any atom is -0.491 e. The third-order valence-electron chi connectivity index (χ3n) is 3.87. The molecule has 0 saturated heterocycles. The summed E-state index contributed by atoms with van der Waals surface area (Å²) in [6, 6.07) is 9.83. The van der Waals surface area contributed by atoms with Gasteiger partial charge in [0.15, 0.2) is 5.11 Å². The number of nitrogens with one attached hydrogen (secondary N) is 2. The molecule has 0 atom stereocenters. The Kier molecular flexibility index (Phi) is 6.55. The second-order valence-corrected chi connectivity index (χ2v) is 6.18. The first-order valence-electron chi connectivity index (χ1n) is 8.26. The molecule has 0 spiro atoms. The number of rotatable bonds is 6. The van der Waals surface area contributed by atoms with E-state index in [1.165, 1.54) is 0 Å². The summed E-state index contributed by atoms with van der Waals surface area (Å²) < 4.78 is 5.91. The van der Waals surface area contributed by atoms with Crippen LogP contribution in [0, 0.1) is 20.8 Å². The Morgan fingerprint density at radius 2 is 1.79 bits per heavy atom. The molecule has 0 saturated carbocycles. The second-order valence-electron chi connectivity index (χ2n) is 5.77. The van der Waals surface area contributed by atoms with Crippen LogP contribution in [0.25, 0.3) is 0 Å². The summed E-state index contributed by atoms with van der Waals surface area (Å²) in [7, 11) is 0. The molecule has 0 aliphatic heterocycles. The molecule has 4 nitrogen and oxygen atoms in total. The largest absolute Gasteiger partial charge is 0.491 e. The molecule has 128 valence electrons. The summed E-state index contributed by atoms with van der Waals surface area (Å²) in [5, 5.41) is 6.87. The molecule has 0 aliphatic carbocycles. The smallest absolute Gasteiger partial charge is 0.176 e. The Bertz CT molecular complexity index is 702. The van der Waals surface area contributed by atoms with Crippen LogP contribution in [0.5, 0.6) is 5.75 Å². The summed E-state index contributed by atoms with van der Waals surface area (Å²) >= 11 is 5.39. The van der Waals surface area contributed by atoms with E-state index in [1.807, 2.05) is 44.2 Å². The van der Waals surface area contributed by atoms with Gasteiger partial charge in [-0.3, -0.25) is 0 Å². The third kappa shape index (κ3) is 4.68. The van der Waals surface area contributed by atoms with E-state index in [4.69, 9.17) is 17.0 Å². The first-order valence-corrected chi connectivity index (χ1v) is 8.67. The minimum absolute atomic E-state index is 0.523. The topological polar surface area (TPSA) is 46.2 Å². The SMILES string of the molecule is CCCCOc1c(C)nc(NC(=S)Nc2ccccc2)c(C)c1C. The highest BCUT2D eigenvalue weighted by Crippen LogP contribution is 2.29. The first kappa shape index (κ1) is 18.2. The summed E-state index contributed by atoms with van der Waals surface area (Å²) in [6.45, 7) is 8.93. The van der Waals surface area contributed by atoms with Crippen LogP contribution in [0.1, 0.15) is 36.6 Å². The number of nitrogens with zero attached hydrogens (tertiary/aromatic N) is 1. The Labute approximate surface area is 149 Å². The van der Waals surface area contributed by atoms with Crippen molar-refractivity contribution >= 4 is 28.8 Å². The van der Waals surface area contributed by atoms with Gasteiger partial charge in [0.1, 0.15) is 11.6 Å². The van der Waals surface area contributed by atoms with Crippen molar-refractivity contribution in [2.24, 2.45) is 0 Å². The lowest BCUT2D eigenvalue weighted by molar-refractivity contribution is 0.303. The quantitative estimate of drug-likeness (QED) is 0.571. The zero-order chi connectivity index (χ0) is 17.5. The van der Waals surface area contributed by atoms with Crippen molar-refractivity contribution in [1.29, 1.82) is 0 Å². The van der Waals surface area contributed by atoms with Crippen LogP contribution in [-0.2, 0) is 0 Å². The number of benzene rings is 1. The monoisotopic (exact) mass is 343 g/mol. The van der Waals surface area contributed by atoms with E-state index in [-0.39, 0.29) is 0 Å². The Morgan fingerprint density at radius 1 is 1.08 bits per heavy atom. The van der Waals surface area contributed by atoms with Gasteiger partial charge in [-0.1, -0.05) is 31.5 Å². The van der Waals surface area contributed by atoms with Crippen LogP contribution in [0.3, 0.4) is 0 Å². The molecule has 1 aromatic carbocycles. The summed E-state index contributed by atoms with van der Waals surface area (Å²) in [6.07, 6.45) is 2.16. The lowest BCUT2D eigenvalue weighted by Gasteiger charge is -2.18. The zero-order valence-electron chi connectivity index (χ0n) is 14.8. The highest BCUT2D eigenvalue weighted by molar-refractivity contribution is 7.80. The predicted molar refractivity (Wildman–Crippen MR) is 105 cm³/mol. The van der Waals surface area contributed by atoms with E-state index in [9.17, 15) is 0 Å². The van der Waals surface area contributed by atoms with E-state index in [1.54, 1.807) is 0 Å². The molecule has 0 aliphatic rings. The molecule has 5 heteroatoms. The summed E-state index contributed by atoms with van der Waals surface area (Å²) in [5.74, 6) is 1.65. The van der Waals surface area contributed by atoms with Crippen LogP contribution in [0.2, 0.25) is 0 Å². The number of unbranched alkanes of at least 4 members (excludes halogenated alkanes) is 1. The Morgan fingerprint density at radius 3 is 2.46 bits per heavy atom. The molecule has 0 fully saturated rings. The van der Waals surface area contributed by atoms with E-state index in [0.29, 0.717) is 5.11 Å². The van der Waals surface area contributed by atoms with Gasteiger partial charge in [0, 0.05) is 5.69 Å². The van der Waals surface area contributed by atoms with Gasteiger partial charge in [-0.2, -0.15) is 0 Å². The predicted octanol–water partition coefficient (Wildman–Crippen LogP) is 4.99. The molecule has 0 unspecified atom stereocenters. The maximum atomic E-state index is 5.91. The molecule has 0 bridgehead atoms. The van der Waals surface area contributed by atoms with Gasteiger partial charge < -0.3 is 15.4 Å². The van der Waals surface area contributed by atoms with Crippen LogP contribution < -0.4 is 15.4 Å². The zero-order valence-corrected chi connectivity index (χ0v) is 15.6. The number of anilines is 2. The number of para-hydroxylation sites is 1. The summed E-state index contributed by atoms with van der Waals surface area (Å²) in [5.41, 5.74) is 3.97. The highest BCUT2D eigenvalue weighted by Gasteiger charge is 2.14. The number of hydrogen-bond acceptors (Lipinski definition) is 3. The van der Waals surface area contributed by atoms with Crippen molar-refractivity contribution in [3.63, 3.8) is 0 Å². The van der Waals surface area contributed by atoms with Crippen molar-refractivity contribution < 1.29 is 4.74 Å². The second kappa shape index (κ2) is 8.64. The van der Waals surface area contributed by atoms with Crippen molar-refractivity contribution in [2.75, 3.05) is 17.2 Å². The molecule has 24 heavy (non-hydrogen) atoms. The fourth-order valence-electron chi connectivity index (χ4n) is 2.37. The number of thiocarbonyl (C=S) groups is 1. The number of aryl methyl sites for hydroxylation is 1. The molecule has 2 N–H and O–H groups in total. The van der Waals surface area contributed by atoms with Crippen molar-refractivity contribution in [2.45, 2.75) is 40.5 Å². The molecule has 1 heterocycles. The molecule has 1 aromatic heterocycles. The highest BCUT2D eigenvalue weighted by atomic mass is 32.1. The molecule has 2 aromatic rings. The number of hydrogen-bond donors (Lipinski definition) is 2. The lowest BCUT2D eigenvalue weighted by Crippen LogP contribution is -2.21. The average molecular weight is 343 g/mol. The van der Waals surface area contributed by atoms with Crippen LogP contribution in [0.4, 0.5) is 11.5 Å². The summed E-state index contributed by atoms with van der Waals surface area (Å²) in [4.78, 5) is 4.63. The van der Waals surface area contributed by atoms with Gasteiger partial charge in [-0.05, 0) is 62.7 Å². The van der Waals surface area contributed by atoms with Gasteiger partial charge in [0.05, 0.1) is 12.3 Å². The van der Waals surface area contributed by atoms with E-state index in [0.717, 1.165) is 53.5 Å². The fraction of sp³-hybridized carbons (Fsp3) is 0.368. The lowest BCUT2D eigenvalue weighted by atomic mass is 10.1. The molecule has 2 rings (SSSR count). The maximum Gasteiger partial charge on any atom is 0.176 e. The minimum atomic E-state index is 0.523. The van der Waals surface area contributed by atoms with Gasteiger partial charge >= 0.3 is 0 Å². The maximum absolute atomic E-state index is 5.91. The first-order chi connectivity index (χ1) is 11.5. The van der Waals surface area contributed by atoms with Crippen LogP contribution >= 0.6 is 12.2 Å². The molecule has 0 amide bonds. The molecular weight excluding hydrogens is 318 g/mol. The van der Waals surface area contributed by atoms with Crippen LogP contribution in [0.15, 0.2) is 30.3 Å². The Hall–Kier alpha value is -2.14. The van der Waals surface area contributed by atoms with E-state index in [2.05, 4.69) is 29.5 Å². The van der Waals surface area contributed by atoms with Gasteiger partial charge in [-0.25, -0.2) is 4.98 Å². The number of ether oxygens (including phenoxy) is 1. The van der Waals surface area contributed by atoms with Crippen molar-refractivity contribution in [3.8, 4) is 5.75 Å². The van der Waals surface area contributed by atoms with Crippen LogP contribution in [-0.4, -0.2) is 16.7 Å².